The molecule has 0 bridgehead atoms. The second-order valence-electron chi connectivity index (χ2n) is 15.5. The van der Waals surface area contributed by atoms with Gasteiger partial charge in [-0.3, -0.25) is 0 Å². The fourth-order valence-electron chi connectivity index (χ4n) is 10.3. The molecule has 2 heteroatoms. The molecule has 2 nitrogen and oxygen atoms in total. The zero-order chi connectivity index (χ0) is 39.4. The Kier molecular flexibility index (Phi) is 8.03. The number of anilines is 3. The summed E-state index contributed by atoms with van der Waals surface area (Å²) in [5.74, 6) is 0. The van der Waals surface area contributed by atoms with Crippen LogP contribution < -0.4 is 4.90 Å². The fourth-order valence-corrected chi connectivity index (χ4v) is 10.3. The summed E-state index contributed by atoms with van der Waals surface area (Å²) in [5, 5.41) is 9.87. The Bertz CT molecular complexity index is 2780. The average molecular weight is 751 g/mol. The highest BCUT2D eigenvalue weighted by atomic mass is 15.1. The molecule has 0 amide bonds. The van der Waals surface area contributed by atoms with Crippen LogP contribution in [0.3, 0.4) is 0 Å². The number of nitrogens with zero attached hydrogens (tertiary/aromatic N) is 2. The standard InChI is InChI=1S/C57H38N2/c58-39-40-29-31-45(32-30-40)59(46-33-35-50-48-25-13-15-27-52(48)56(54(50)37-46,41-17-5-1-6-18-41)42-19-7-2-8-20-42)47-34-36-51-49-26-14-16-28-53(49)57(55(51)38-47,43-21-9-3-10-22-43)44-23-11-4-12-24-44/h1-38H. The summed E-state index contributed by atoms with van der Waals surface area (Å²) < 4.78 is 0. The van der Waals surface area contributed by atoms with Gasteiger partial charge in [-0.25, -0.2) is 0 Å². The van der Waals surface area contributed by atoms with Gasteiger partial charge in [0.2, 0.25) is 0 Å². The first kappa shape index (κ1) is 34.5. The Labute approximate surface area is 345 Å². The third-order valence-electron chi connectivity index (χ3n) is 12.7. The summed E-state index contributed by atoms with van der Waals surface area (Å²) in [6.07, 6.45) is 0. The zero-order valence-corrected chi connectivity index (χ0v) is 32.3. The van der Waals surface area contributed by atoms with Gasteiger partial charge in [-0.2, -0.15) is 5.26 Å². The van der Waals surface area contributed by atoms with E-state index >= 15 is 0 Å². The number of rotatable bonds is 7. The van der Waals surface area contributed by atoms with Crippen molar-refractivity contribution in [3.8, 4) is 28.3 Å². The van der Waals surface area contributed by atoms with Crippen LogP contribution in [0.5, 0.6) is 0 Å². The van der Waals surface area contributed by atoms with E-state index in [1.165, 1.54) is 66.8 Å². The SMILES string of the molecule is N#Cc1ccc(N(c2ccc3c(c2)C(c2ccccc2)(c2ccccc2)c2ccccc2-3)c2ccc3c(c2)C(c2ccccc2)(c2ccccc2)c2ccccc2-3)cc1. The first-order valence-electron chi connectivity index (χ1n) is 20.2. The highest BCUT2D eigenvalue weighted by Crippen LogP contribution is 2.59. The van der Waals surface area contributed by atoms with Gasteiger partial charge < -0.3 is 4.90 Å². The topological polar surface area (TPSA) is 27.0 Å². The second-order valence-corrected chi connectivity index (χ2v) is 15.5. The van der Waals surface area contributed by atoms with E-state index in [-0.39, 0.29) is 0 Å². The summed E-state index contributed by atoms with van der Waals surface area (Å²) in [4.78, 5) is 2.37. The molecule has 59 heavy (non-hydrogen) atoms. The first-order valence-corrected chi connectivity index (χ1v) is 20.2. The van der Waals surface area contributed by atoms with Gasteiger partial charge in [-0.05, 0) is 115 Å². The van der Waals surface area contributed by atoms with E-state index in [1.54, 1.807) is 0 Å². The normalized spacial score (nSPS) is 13.7. The summed E-state index contributed by atoms with van der Waals surface area (Å²) >= 11 is 0. The fraction of sp³-hybridized carbons (Fsp3) is 0.0351. The van der Waals surface area contributed by atoms with Crippen LogP contribution in [0.1, 0.15) is 50.1 Å². The number of nitriles is 1. The lowest BCUT2D eigenvalue weighted by atomic mass is 9.67. The average Bonchev–Trinajstić information content (AvgIpc) is 3.78. The number of fused-ring (bicyclic) bond motifs is 6. The van der Waals surface area contributed by atoms with E-state index in [1.807, 2.05) is 12.1 Å². The van der Waals surface area contributed by atoms with Crippen LogP contribution >= 0.6 is 0 Å². The lowest BCUT2D eigenvalue weighted by molar-refractivity contribution is 0.767. The molecule has 0 aromatic heterocycles. The van der Waals surface area contributed by atoms with Crippen molar-refractivity contribution in [3.05, 3.63) is 281 Å². The van der Waals surface area contributed by atoms with Crippen LogP contribution in [0.25, 0.3) is 22.3 Å². The van der Waals surface area contributed by atoms with Crippen LogP contribution in [0, 0.1) is 11.3 Å². The van der Waals surface area contributed by atoms with E-state index in [4.69, 9.17) is 0 Å². The Hall–Kier alpha value is -7.73. The number of hydrogen-bond donors (Lipinski definition) is 0. The van der Waals surface area contributed by atoms with Gasteiger partial charge in [-0.1, -0.05) is 182 Å². The lowest BCUT2D eigenvalue weighted by Crippen LogP contribution is -2.29. The molecule has 2 aliphatic carbocycles. The molecule has 0 fully saturated rings. The second kappa shape index (κ2) is 13.7. The summed E-state index contributed by atoms with van der Waals surface area (Å²) in [6.45, 7) is 0. The minimum Gasteiger partial charge on any atom is -0.310 e. The highest BCUT2D eigenvalue weighted by Gasteiger charge is 2.48. The Morgan fingerprint density at radius 1 is 0.305 bits per heavy atom. The molecule has 11 rings (SSSR count). The molecular formula is C57H38N2. The molecule has 0 radical (unpaired) electrons. The Morgan fingerprint density at radius 2 is 0.627 bits per heavy atom. The number of hydrogen-bond acceptors (Lipinski definition) is 2. The molecule has 2 aliphatic rings. The van der Waals surface area contributed by atoms with Crippen molar-refractivity contribution in [1.29, 1.82) is 5.26 Å². The largest absolute Gasteiger partial charge is 0.310 e. The van der Waals surface area contributed by atoms with Crippen LogP contribution in [0.2, 0.25) is 0 Å². The maximum Gasteiger partial charge on any atom is 0.0991 e. The van der Waals surface area contributed by atoms with Crippen LogP contribution in [0.15, 0.2) is 231 Å². The molecule has 0 unspecified atom stereocenters. The minimum atomic E-state index is -0.545. The van der Waals surface area contributed by atoms with Crippen molar-refractivity contribution in [2.24, 2.45) is 0 Å². The minimum absolute atomic E-state index is 0.545. The molecule has 9 aromatic carbocycles. The predicted octanol–water partition coefficient (Wildman–Crippen LogP) is 13.8. The molecule has 0 spiro atoms. The Balaban J connectivity index is 1.19. The molecule has 0 heterocycles. The highest BCUT2D eigenvalue weighted by molar-refractivity contribution is 5.92. The number of benzene rings is 9. The molecule has 0 aliphatic heterocycles. The van der Waals surface area contributed by atoms with Crippen molar-refractivity contribution < 1.29 is 0 Å². The van der Waals surface area contributed by atoms with Gasteiger partial charge in [-0.15, -0.1) is 0 Å². The van der Waals surface area contributed by atoms with Gasteiger partial charge in [0.1, 0.15) is 0 Å². The monoisotopic (exact) mass is 750 g/mol. The molecule has 0 saturated carbocycles. The molecule has 0 N–H and O–H groups in total. The van der Waals surface area contributed by atoms with Crippen LogP contribution in [-0.4, -0.2) is 0 Å². The molecule has 0 saturated heterocycles. The van der Waals surface area contributed by atoms with E-state index in [0.29, 0.717) is 5.56 Å². The predicted molar refractivity (Wildman–Crippen MR) is 240 cm³/mol. The van der Waals surface area contributed by atoms with Crippen molar-refractivity contribution in [2.75, 3.05) is 4.90 Å². The first-order chi connectivity index (χ1) is 29.2. The molecule has 9 aromatic rings. The van der Waals surface area contributed by atoms with Crippen molar-refractivity contribution in [3.63, 3.8) is 0 Å². The summed E-state index contributed by atoms with van der Waals surface area (Å²) in [5.41, 5.74) is 17.5. The van der Waals surface area contributed by atoms with Gasteiger partial charge in [0, 0.05) is 17.1 Å². The lowest BCUT2D eigenvalue weighted by Gasteiger charge is -2.36. The van der Waals surface area contributed by atoms with E-state index in [9.17, 15) is 5.26 Å². The van der Waals surface area contributed by atoms with Crippen molar-refractivity contribution in [1.82, 2.24) is 0 Å². The van der Waals surface area contributed by atoms with Gasteiger partial charge in [0.05, 0.1) is 22.5 Å². The van der Waals surface area contributed by atoms with Gasteiger partial charge in [0.15, 0.2) is 0 Å². The van der Waals surface area contributed by atoms with Crippen molar-refractivity contribution in [2.45, 2.75) is 10.8 Å². The van der Waals surface area contributed by atoms with E-state index in [0.717, 1.165) is 17.1 Å². The molecule has 276 valence electrons. The van der Waals surface area contributed by atoms with E-state index in [2.05, 4.69) is 229 Å². The third kappa shape index (κ3) is 5.05. The molecule has 0 atom stereocenters. The quantitative estimate of drug-likeness (QED) is 0.162. The van der Waals surface area contributed by atoms with E-state index < -0.39 is 10.8 Å². The third-order valence-corrected chi connectivity index (χ3v) is 12.7. The van der Waals surface area contributed by atoms with Gasteiger partial charge >= 0.3 is 0 Å². The smallest absolute Gasteiger partial charge is 0.0991 e. The summed E-state index contributed by atoms with van der Waals surface area (Å²) in [6, 6.07) is 85.9. The maximum absolute atomic E-state index is 9.87. The molecular weight excluding hydrogens is 713 g/mol. The van der Waals surface area contributed by atoms with Gasteiger partial charge in [0.25, 0.3) is 0 Å². The summed E-state index contributed by atoms with van der Waals surface area (Å²) in [7, 11) is 0. The Morgan fingerprint density at radius 3 is 1.00 bits per heavy atom. The van der Waals surface area contributed by atoms with Crippen molar-refractivity contribution >= 4 is 17.1 Å². The van der Waals surface area contributed by atoms with Crippen LogP contribution in [-0.2, 0) is 10.8 Å². The maximum atomic E-state index is 9.87. The zero-order valence-electron chi connectivity index (χ0n) is 32.3. The van der Waals surface area contributed by atoms with Crippen LogP contribution in [0.4, 0.5) is 17.1 Å².